The van der Waals surface area contributed by atoms with Crippen LogP contribution in [0.5, 0.6) is 0 Å². The van der Waals surface area contributed by atoms with E-state index in [4.69, 9.17) is 0 Å². The fourth-order valence-electron chi connectivity index (χ4n) is 5.32. The van der Waals surface area contributed by atoms with Gasteiger partial charge >= 0.3 is 12.1 Å². The Balaban J connectivity index is 2.15. The second-order valence-corrected chi connectivity index (χ2v) is 11.2. The number of alkyl halides is 3. The summed E-state index contributed by atoms with van der Waals surface area (Å²) in [5, 5.41) is 10.1. The van der Waals surface area contributed by atoms with Crippen LogP contribution in [0.1, 0.15) is 88.4 Å². The summed E-state index contributed by atoms with van der Waals surface area (Å²) in [5.41, 5.74) is 4.36. The zero-order chi connectivity index (χ0) is 26.6. The number of nitrogens with zero attached hydrogens (tertiary/aromatic N) is 1. The van der Waals surface area contributed by atoms with Crippen molar-refractivity contribution >= 4 is 5.97 Å². The molecule has 1 aliphatic heterocycles. The number of aliphatic carboxylic acids is 1. The molecule has 6 heteroatoms. The molecule has 2 aromatic rings. The van der Waals surface area contributed by atoms with Crippen molar-refractivity contribution in [3.05, 3.63) is 59.2 Å². The van der Waals surface area contributed by atoms with Gasteiger partial charge in [-0.25, -0.2) is 0 Å². The summed E-state index contributed by atoms with van der Waals surface area (Å²) in [6.07, 6.45) is -1.92. The largest absolute Gasteiger partial charge is 0.481 e. The summed E-state index contributed by atoms with van der Waals surface area (Å²) >= 11 is 0. The number of carbonyl (C=O) groups is 1. The molecule has 3 rings (SSSR count). The van der Waals surface area contributed by atoms with Gasteiger partial charge in [0.05, 0.1) is 5.92 Å². The number of halogens is 3. The fourth-order valence-corrected chi connectivity index (χ4v) is 5.32. The summed E-state index contributed by atoms with van der Waals surface area (Å²) in [6, 6.07) is 11.9. The number of carboxylic acid groups (broad SMARTS) is 1. The van der Waals surface area contributed by atoms with E-state index in [1.165, 1.54) is 0 Å². The zero-order valence-electron chi connectivity index (χ0n) is 22.1. The molecule has 0 radical (unpaired) electrons. The maximum Gasteiger partial charge on any atom is 0.404 e. The average molecular weight is 504 g/mol. The third kappa shape index (κ3) is 7.12. The Kier molecular flexibility index (Phi) is 9.26. The van der Waals surface area contributed by atoms with Gasteiger partial charge in [-0.05, 0) is 85.7 Å². The van der Waals surface area contributed by atoms with Crippen molar-refractivity contribution in [3.8, 4) is 11.1 Å². The van der Waals surface area contributed by atoms with E-state index in [-0.39, 0.29) is 12.3 Å². The number of piperidine rings is 1. The first-order valence-electron chi connectivity index (χ1n) is 13.1. The van der Waals surface area contributed by atoms with Crippen LogP contribution in [0.4, 0.5) is 13.2 Å². The van der Waals surface area contributed by atoms with E-state index in [9.17, 15) is 23.1 Å². The Morgan fingerprint density at radius 1 is 1.00 bits per heavy atom. The predicted molar refractivity (Wildman–Crippen MR) is 139 cm³/mol. The molecular formula is C30H40F3NO2. The molecule has 1 heterocycles. The predicted octanol–water partition coefficient (Wildman–Crippen LogP) is 8.38. The lowest BCUT2D eigenvalue weighted by Crippen LogP contribution is -2.50. The van der Waals surface area contributed by atoms with Crippen LogP contribution in [-0.2, 0) is 4.79 Å². The van der Waals surface area contributed by atoms with E-state index < -0.39 is 30.1 Å². The van der Waals surface area contributed by atoms with Crippen molar-refractivity contribution in [3.63, 3.8) is 0 Å². The number of benzene rings is 2. The average Bonchev–Trinajstić information content (AvgIpc) is 2.80. The molecule has 1 aliphatic rings. The Hall–Kier alpha value is -2.34. The van der Waals surface area contributed by atoms with Crippen molar-refractivity contribution < 1.29 is 23.1 Å². The van der Waals surface area contributed by atoms with E-state index in [0.29, 0.717) is 43.7 Å². The van der Waals surface area contributed by atoms with Crippen molar-refractivity contribution in [2.75, 3.05) is 6.54 Å². The highest BCUT2D eigenvalue weighted by molar-refractivity contribution is 5.77. The van der Waals surface area contributed by atoms with Gasteiger partial charge < -0.3 is 5.11 Å². The topological polar surface area (TPSA) is 40.5 Å². The van der Waals surface area contributed by atoms with Gasteiger partial charge in [0, 0.05) is 6.04 Å². The molecule has 0 spiro atoms. The van der Waals surface area contributed by atoms with Gasteiger partial charge in [-0.2, -0.15) is 13.2 Å². The Bertz CT molecular complexity index is 1010. The minimum atomic E-state index is -4.30. The molecule has 1 saturated heterocycles. The van der Waals surface area contributed by atoms with E-state index in [1.54, 1.807) is 4.90 Å². The molecule has 0 bridgehead atoms. The molecule has 0 amide bonds. The molecule has 0 saturated carbocycles. The van der Waals surface area contributed by atoms with Crippen molar-refractivity contribution in [1.82, 2.24) is 4.90 Å². The second-order valence-electron chi connectivity index (χ2n) is 11.2. The van der Waals surface area contributed by atoms with Gasteiger partial charge in [-0.15, -0.1) is 0 Å². The highest BCUT2D eigenvalue weighted by atomic mass is 19.4. The van der Waals surface area contributed by atoms with Crippen LogP contribution in [0.2, 0.25) is 0 Å². The first-order valence-corrected chi connectivity index (χ1v) is 13.1. The second kappa shape index (κ2) is 11.8. The van der Waals surface area contributed by atoms with E-state index in [1.807, 2.05) is 77.1 Å². The highest BCUT2D eigenvalue weighted by Crippen LogP contribution is 2.43. The number of aryl methyl sites for hydroxylation is 1. The fraction of sp³-hybridized carbons (Fsp3) is 0.567. The third-order valence-corrected chi connectivity index (χ3v) is 7.25. The number of likely N-dealkylation sites (tertiary alicyclic amines) is 1. The van der Waals surface area contributed by atoms with Crippen molar-refractivity contribution in [1.29, 1.82) is 0 Å². The van der Waals surface area contributed by atoms with E-state index >= 15 is 0 Å². The molecule has 2 aromatic carbocycles. The molecule has 0 aliphatic carbocycles. The standard InChI is InChI=1S/C30H40F3NO2/c1-19(2)13-14-34-27(7-6-8-28(34)30(31,32)33)25-17-23(22-11-9-21(5)10-12-22)16-24(18-25)26(29(35)36)15-20(3)4/h9-12,16-20,26-28H,6-8,13-15H2,1-5H3,(H,35,36). The lowest BCUT2D eigenvalue weighted by atomic mass is 9.83. The number of carboxylic acids is 1. The molecular weight excluding hydrogens is 463 g/mol. The van der Waals surface area contributed by atoms with Crippen LogP contribution in [0.3, 0.4) is 0 Å². The van der Waals surface area contributed by atoms with Crippen LogP contribution in [0, 0.1) is 18.8 Å². The van der Waals surface area contributed by atoms with E-state index in [2.05, 4.69) is 0 Å². The molecule has 3 nitrogen and oxygen atoms in total. The SMILES string of the molecule is Cc1ccc(-c2cc(C(CC(C)C)C(=O)O)cc(C3CCCC(C(F)(F)F)N3CCC(C)C)c2)cc1. The first-order chi connectivity index (χ1) is 16.9. The number of hydrogen-bond acceptors (Lipinski definition) is 2. The van der Waals surface area contributed by atoms with Gasteiger partial charge in [0.1, 0.15) is 6.04 Å². The summed E-state index contributed by atoms with van der Waals surface area (Å²) in [5.74, 6) is -1.15. The van der Waals surface area contributed by atoms with E-state index in [0.717, 1.165) is 22.3 Å². The molecule has 3 unspecified atom stereocenters. The van der Waals surface area contributed by atoms with Crippen LogP contribution >= 0.6 is 0 Å². The molecule has 3 atom stereocenters. The summed E-state index contributed by atoms with van der Waals surface area (Å²) in [7, 11) is 0. The van der Waals surface area contributed by atoms with Crippen LogP contribution in [0.25, 0.3) is 11.1 Å². The number of hydrogen-bond donors (Lipinski definition) is 1. The van der Waals surface area contributed by atoms with Gasteiger partial charge in [0.25, 0.3) is 0 Å². The molecule has 1 N–H and O–H groups in total. The van der Waals surface area contributed by atoms with Gasteiger partial charge in [-0.1, -0.05) is 69.7 Å². The Morgan fingerprint density at radius 2 is 1.67 bits per heavy atom. The van der Waals surface area contributed by atoms with Crippen LogP contribution in [0.15, 0.2) is 42.5 Å². The van der Waals surface area contributed by atoms with Gasteiger partial charge in [-0.3, -0.25) is 9.69 Å². The van der Waals surface area contributed by atoms with Gasteiger partial charge in [0.2, 0.25) is 0 Å². The van der Waals surface area contributed by atoms with Gasteiger partial charge in [0.15, 0.2) is 0 Å². The van der Waals surface area contributed by atoms with Crippen LogP contribution in [-0.4, -0.2) is 34.7 Å². The minimum Gasteiger partial charge on any atom is -0.481 e. The molecule has 198 valence electrons. The smallest absolute Gasteiger partial charge is 0.404 e. The quantitative estimate of drug-likeness (QED) is 0.374. The monoisotopic (exact) mass is 503 g/mol. The summed E-state index contributed by atoms with van der Waals surface area (Å²) < 4.78 is 42.4. The van der Waals surface area contributed by atoms with Crippen LogP contribution < -0.4 is 0 Å². The molecule has 1 fully saturated rings. The lowest BCUT2D eigenvalue weighted by molar-refractivity contribution is -0.200. The highest BCUT2D eigenvalue weighted by Gasteiger charge is 2.47. The molecule has 0 aromatic heterocycles. The summed E-state index contributed by atoms with van der Waals surface area (Å²) in [6.45, 7) is 10.4. The van der Waals surface area contributed by atoms with Crippen molar-refractivity contribution in [2.45, 2.75) is 90.9 Å². The lowest BCUT2D eigenvalue weighted by Gasteiger charge is -2.43. The first kappa shape index (κ1) is 28.2. The van der Waals surface area contributed by atoms with Crippen molar-refractivity contribution in [2.24, 2.45) is 11.8 Å². The maximum absolute atomic E-state index is 14.1. The molecule has 36 heavy (non-hydrogen) atoms. The third-order valence-electron chi connectivity index (χ3n) is 7.25. The summed E-state index contributed by atoms with van der Waals surface area (Å²) in [4.78, 5) is 13.9. The Labute approximate surface area is 213 Å². The minimum absolute atomic E-state index is 0.105. The normalized spacial score (nSPS) is 20.2. The Morgan fingerprint density at radius 3 is 2.22 bits per heavy atom. The maximum atomic E-state index is 14.1. The number of rotatable bonds is 9. The zero-order valence-corrected chi connectivity index (χ0v) is 22.1.